The van der Waals surface area contributed by atoms with Gasteiger partial charge in [0.2, 0.25) is 0 Å². The second-order valence-corrected chi connectivity index (χ2v) is 2.31. The zero-order valence-electron chi connectivity index (χ0n) is 7.19. The van der Waals surface area contributed by atoms with Gasteiger partial charge in [-0.3, -0.25) is 10.3 Å². The van der Waals surface area contributed by atoms with E-state index >= 15 is 0 Å². The molecule has 1 heterocycles. The van der Waals surface area contributed by atoms with Gasteiger partial charge in [-0.25, -0.2) is 4.79 Å². The van der Waals surface area contributed by atoms with Crippen LogP contribution in [0.5, 0.6) is 0 Å². The lowest BCUT2D eigenvalue weighted by Gasteiger charge is -2.01. The molecule has 0 atom stereocenters. The molecule has 0 aliphatic rings. The summed E-state index contributed by atoms with van der Waals surface area (Å²) >= 11 is 0. The number of aliphatic hydroxyl groups is 1. The number of aliphatic hydroxyl groups excluding tert-OH is 1. The van der Waals surface area contributed by atoms with Crippen molar-refractivity contribution in [3.05, 3.63) is 24.0 Å². The van der Waals surface area contributed by atoms with Crippen molar-refractivity contribution in [2.24, 2.45) is 0 Å². The minimum atomic E-state index is -1.18. The van der Waals surface area contributed by atoms with E-state index in [1.165, 1.54) is 12.4 Å². The number of aromatic nitrogens is 1. The molecule has 0 aliphatic carbocycles. The largest absolute Gasteiger partial charge is 0.465 e. The highest BCUT2D eigenvalue weighted by molar-refractivity contribution is 5.84. The van der Waals surface area contributed by atoms with E-state index in [1.54, 1.807) is 6.07 Å². The minimum absolute atomic E-state index is 0.269. The molecule has 0 aromatic carbocycles. The lowest BCUT2D eigenvalue weighted by atomic mass is 10.2. The number of hydrogen-bond donors (Lipinski definition) is 3. The summed E-state index contributed by atoms with van der Waals surface area (Å²) in [6, 6.07) is 1.56. The fraction of sp³-hybridized carbons (Fsp3) is 0.111. The SMILES string of the molecule is O=C(O)Nc1cnccc1C#CCO. The summed E-state index contributed by atoms with van der Waals surface area (Å²) in [6.45, 7) is -0.269. The highest BCUT2D eigenvalue weighted by Gasteiger charge is 2.02. The number of rotatable bonds is 1. The van der Waals surface area contributed by atoms with Crippen LogP contribution in [-0.2, 0) is 0 Å². The second kappa shape index (κ2) is 4.84. The average Bonchev–Trinajstić information content (AvgIpc) is 2.16. The molecule has 14 heavy (non-hydrogen) atoms. The van der Waals surface area contributed by atoms with Crippen LogP contribution in [0.3, 0.4) is 0 Å². The van der Waals surface area contributed by atoms with Gasteiger partial charge in [0.25, 0.3) is 0 Å². The Morgan fingerprint density at radius 3 is 3.07 bits per heavy atom. The molecule has 0 aliphatic heterocycles. The molecule has 0 bridgehead atoms. The molecule has 0 saturated heterocycles. The van der Waals surface area contributed by atoms with Gasteiger partial charge in [-0.1, -0.05) is 11.8 Å². The van der Waals surface area contributed by atoms with Crippen LogP contribution in [0, 0.1) is 11.8 Å². The van der Waals surface area contributed by atoms with Crippen molar-refractivity contribution in [2.75, 3.05) is 11.9 Å². The van der Waals surface area contributed by atoms with E-state index < -0.39 is 6.09 Å². The number of carbonyl (C=O) groups is 1. The summed E-state index contributed by atoms with van der Waals surface area (Å²) in [6.07, 6.45) is 1.68. The van der Waals surface area contributed by atoms with Gasteiger partial charge in [0.05, 0.1) is 17.4 Å². The van der Waals surface area contributed by atoms with Gasteiger partial charge in [0.1, 0.15) is 6.61 Å². The number of nitrogens with zero attached hydrogens (tertiary/aromatic N) is 1. The fourth-order valence-electron chi connectivity index (χ4n) is 0.853. The second-order valence-electron chi connectivity index (χ2n) is 2.31. The Labute approximate surface area is 80.4 Å². The van der Waals surface area contributed by atoms with Gasteiger partial charge >= 0.3 is 6.09 Å². The van der Waals surface area contributed by atoms with Crippen molar-refractivity contribution in [1.82, 2.24) is 4.98 Å². The Bertz CT molecular complexity index is 393. The Hall–Kier alpha value is -2.06. The molecule has 0 radical (unpaired) electrons. The first-order valence-corrected chi connectivity index (χ1v) is 3.77. The molecule has 1 amide bonds. The third-order valence-corrected chi connectivity index (χ3v) is 1.36. The Kier molecular flexibility index (Phi) is 3.47. The zero-order chi connectivity index (χ0) is 10.4. The first kappa shape index (κ1) is 10.0. The van der Waals surface area contributed by atoms with Crippen LogP contribution in [0.4, 0.5) is 10.5 Å². The van der Waals surface area contributed by atoms with Gasteiger partial charge in [-0.05, 0) is 6.07 Å². The van der Waals surface area contributed by atoms with Gasteiger partial charge in [0, 0.05) is 6.20 Å². The Morgan fingerprint density at radius 2 is 2.43 bits per heavy atom. The Morgan fingerprint density at radius 1 is 1.64 bits per heavy atom. The predicted molar refractivity (Wildman–Crippen MR) is 49.8 cm³/mol. The molecule has 5 heteroatoms. The average molecular weight is 192 g/mol. The summed E-state index contributed by atoms with van der Waals surface area (Å²) in [5.41, 5.74) is 0.789. The summed E-state index contributed by atoms with van der Waals surface area (Å²) in [4.78, 5) is 14.1. The molecule has 1 rings (SSSR count). The lowest BCUT2D eigenvalue weighted by Crippen LogP contribution is -2.08. The van der Waals surface area contributed by atoms with Crippen molar-refractivity contribution >= 4 is 11.8 Å². The van der Waals surface area contributed by atoms with E-state index in [2.05, 4.69) is 22.1 Å². The molecule has 0 saturated carbocycles. The minimum Gasteiger partial charge on any atom is -0.465 e. The predicted octanol–water partition coefficient (Wildman–Crippen LogP) is 0.515. The summed E-state index contributed by atoms with van der Waals surface area (Å²) in [5.74, 6) is 5.03. The molecule has 0 fully saturated rings. The topological polar surface area (TPSA) is 82.5 Å². The third-order valence-electron chi connectivity index (χ3n) is 1.36. The summed E-state index contributed by atoms with van der Waals surface area (Å²) in [5, 5.41) is 19.1. The van der Waals surface area contributed by atoms with Crippen molar-refractivity contribution in [3.63, 3.8) is 0 Å². The number of carboxylic acid groups (broad SMARTS) is 1. The third kappa shape index (κ3) is 2.77. The van der Waals surface area contributed by atoms with E-state index in [0.717, 1.165) is 0 Å². The van der Waals surface area contributed by atoms with E-state index in [-0.39, 0.29) is 6.61 Å². The molecule has 1 aromatic rings. The molecular formula is C9H8N2O3. The van der Waals surface area contributed by atoms with Crippen LogP contribution in [0.1, 0.15) is 5.56 Å². The number of hydrogen-bond acceptors (Lipinski definition) is 3. The van der Waals surface area contributed by atoms with Crippen LogP contribution in [0.2, 0.25) is 0 Å². The monoisotopic (exact) mass is 192 g/mol. The van der Waals surface area contributed by atoms with Crippen LogP contribution < -0.4 is 5.32 Å². The fourth-order valence-corrected chi connectivity index (χ4v) is 0.853. The van der Waals surface area contributed by atoms with Gasteiger partial charge < -0.3 is 10.2 Å². The molecule has 0 unspecified atom stereocenters. The highest BCUT2D eigenvalue weighted by Crippen LogP contribution is 2.11. The smallest absolute Gasteiger partial charge is 0.409 e. The van der Waals surface area contributed by atoms with Crippen LogP contribution >= 0.6 is 0 Å². The standard InChI is InChI=1S/C9H8N2O3/c12-5-1-2-7-3-4-10-6-8(7)11-9(13)14/h3-4,6,11-12H,5H2,(H,13,14). The van der Waals surface area contributed by atoms with Gasteiger partial charge in [-0.15, -0.1) is 0 Å². The number of anilines is 1. The van der Waals surface area contributed by atoms with Crippen molar-refractivity contribution in [2.45, 2.75) is 0 Å². The number of amides is 1. The molecule has 5 nitrogen and oxygen atoms in total. The number of nitrogens with one attached hydrogen (secondary N) is 1. The normalized spacial score (nSPS) is 8.64. The summed E-state index contributed by atoms with van der Waals surface area (Å²) in [7, 11) is 0. The first-order chi connectivity index (χ1) is 6.74. The molecule has 0 spiro atoms. The maximum atomic E-state index is 10.4. The van der Waals surface area contributed by atoms with E-state index in [1.807, 2.05) is 0 Å². The molecule has 72 valence electrons. The van der Waals surface area contributed by atoms with Gasteiger partial charge in [-0.2, -0.15) is 0 Å². The molecule has 3 N–H and O–H groups in total. The maximum Gasteiger partial charge on any atom is 0.409 e. The van der Waals surface area contributed by atoms with E-state index in [4.69, 9.17) is 10.2 Å². The van der Waals surface area contributed by atoms with E-state index in [9.17, 15) is 4.79 Å². The van der Waals surface area contributed by atoms with E-state index in [0.29, 0.717) is 11.3 Å². The van der Waals surface area contributed by atoms with Crippen molar-refractivity contribution in [1.29, 1.82) is 0 Å². The van der Waals surface area contributed by atoms with Gasteiger partial charge in [0.15, 0.2) is 0 Å². The first-order valence-electron chi connectivity index (χ1n) is 3.77. The lowest BCUT2D eigenvalue weighted by molar-refractivity contribution is 0.209. The highest BCUT2D eigenvalue weighted by atomic mass is 16.4. The van der Waals surface area contributed by atoms with Crippen molar-refractivity contribution in [3.8, 4) is 11.8 Å². The maximum absolute atomic E-state index is 10.4. The molecular weight excluding hydrogens is 184 g/mol. The van der Waals surface area contributed by atoms with Crippen molar-refractivity contribution < 1.29 is 15.0 Å². The zero-order valence-corrected chi connectivity index (χ0v) is 7.19. The van der Waals surface area contributed by atoms with Crippen LogP contribution in [0.25, 0.3) is 0 Å². The Balaban J connectivity index is 2.96. The quantitative estimate of drug-likeness (QED) is 0.566. The van der Waals surface area contributed by atoms with Crippen LogP contribution in [-0.4, -0.2) is 27.9 Å². The summed E-state index contributed by atoms with van der Waals surface area (Å²) < 4.78 is 0. The molecule has 1 aromatic heterocycles. The van der Waals surface area contributed by atoms with Crippen LogP contribution in [0.15, 0.2) is 18.5 Å². The number of pyridine rings is 1.